The fourth-order valence-electron chi connectivity index (χ4n) is 1.37. The minimum Gasteiger partial charge on any atom is -0.487 e. The summed E-state index contributed by atoms with van der Waals surface area (Å²) >= 11 is 6.53. The molecule has 2 aromatic rings. The molecule has 0 saturated heterocycles. The average molecular weight is 264 g/mol. The summed E-state index contributed by atoms with van der Waals surface area (Å²) in [6, 6.07) is 7.45. The van der Waals surface area contributed by atoms with Gasteiger partial charge in [0.2, 0.25) is 0 Å². The van der Waals surface area contributed by atoms with E-state index in [0.717, 1.165) is 22.0 Å². The van der Waals surface area contributed by atoms with Crippen molar-refractivity contribution >= 4 is 28.5 Å². The first-order valence-electron chi connectivity index (χ1n) is 5.09. The van der Waals surface area contributed by atoms with Gasteiger partial charge in [0.25, 0.3) is 0 Å². The van der Waals surface area contributed by atoms with E-state index in [0.29, 0.717) is 11.6 Å². The van der Waals surface area contributed by atoms with E-state index in [1.165, 1.54) is 0 Å². The van der Waals surface area contributed by atoms with Crippen molar-refractivity contribution in [2.75, 3.05) is 0 Å². The number of nitrogens with zero attached hydrogens (tertiary/aromatic N) is 1. The summed E-state index contributed by atoms with van der Waals surface area (Å²) in [5, 5.41) is 3.03. The second-order valence-corrected chi connectivity index (χ2v) is 5.04. The number of rotatable bonds is 4. The molecule has 0 aliphatic rings. The largest absolute Gasteiger partial charge is 0.487 e. The Hall–Kier alpha value is -1.46. The topological polar surface area (TPSA) is 48.1 Å². The molecule has 88 valence electrons. The number of hydrogen-bond acceptors (Lipinski definition) is 4. The smallest absolute Gasteiger partial charge is 0.131 e. The highest BCUT2D eigenvalue weighted by molar-refractivity contribution is 7.80. The highest BCUT2D eigenvalue weighted by Crippen LogP contribution is 2.16. The highest BCUT2D eigenvalue weighted by Gasteiger charge is 2.02. The molecule has 1 aromatic carbocycles. The molecule has 2 N–H and O–H groups in total. The van der Waals surface area contributed by atoms with Gasteiger partial charge in [-0.2, -0.15) is 0 Å². The van der Waals surface area contributed by atoms with Crippen molar-refractivity contribution < 1.29 is 4.74 Å². The van der Waals surface area contributed by atoms with Gasteiger partial charge in [-0.1, -0.05) is 24.4 Å². The van der Waals surface area contributed by atoms with Crippen LogP contribution in [-0.4, -0.2) is 9.97 Å². The van der Waals surface area contributed by atoms with Gasteiger partial charge in [0.1, 0.15) is 17.3 Å². The Balaban J connectivity index is 2.04. The Morgan fingerprint density at radius 1 is 1.53 bits per heavy atom. The number of aryl methyl sites for hydroxylation is 1. The number of nitrogens with two attached hydrogens (primary N) is 1. The summed E-state index contributed by atoms with van der Waals surface area (Å²) in [4.78, 5) is 4.70. The van der Waals surface area contributed by atoms with E-state index in [1.54, 1.807) is 11.3 Å². The van der Waals surface area contributed by atoms with E-state index in [2.05, 4.69) is 4.98 Å². The monoisotopic (exact) mass is 264 g/mol. The summed E-state index contributed by atoms with van der Waals surface area (Å²) in [6.45, 7) is 2.44. The van der Waals surface area contributed by atoms with Crippen LogP contribution in [0.4, 0.5) is 0 Å². The lowest BCUT2D eigenvalue weighted by molar-refractivity contribution is 0.302. The van der Waals surface area contributed by atoms with Gasteiger partial charge in [-0.05, 0) is 19.1 Å². The molecule has 0 aliphatic carbocycles. The minimum atomic E-state index is 0.375. The molecule has 17 heavy (non-hydrogen) atoms. The van der Waals surface area contributed by atoms with Gasteiger partial charge in [0, 0.05) is 10.9 Å². The van der Waals surface area contributed by atoms with Gasteiger partial charge in [-0.25, -0.2) is 4.98 Å². The molecule has 5 heteroatoms. The molecule has 0 fully saturated rings. The molecule has 0 aliphatic heterocycles. The van der Waals surface area contributed by atoms with Crippen molar-refractivity contribution in [3.63, 3.8) is 0 Å². The van der Waals surface area contributed by atoms with E-state index < -0.39 is 0 Å². The molecule has 0 spiro atoms. The maximum absolute atomic E-state index is 5.63. The van der Waals surface area contributed by atoms with Crippen LogP contribution in [-0.2, 0) is 6.61 Å². The molecule has 0 bridgehead atoms. The maximum atomic E-state index is 5.63. The first-order valence-corrected chi connectivity index (χ1v) is 6.37. The van der Waals surface area contributed by atoms with Crippen LogP contribution in [0.1, 0.15) is 16.3 Å². The van der Waals surface area contributed by atoms with Crippen molar-refractivity contribution in [1.82, 2.24) is 4.98 Å². The van der Waals surface area contributed by atoms with Gasteiger partial charge >= 0.3 is 0 Å². The summed E-state index contributed by atoms with van der Waals surface area (Å²) in [5.74, 6) is 0.751. The zero-order chi connectivity index (χ0) is 12.3. The molecular weight excluding hydrogens is 252 g/mol. The third-order valence-electron chi connectivity index (χ3n) is 2.17. The molecule has 0 amide bonds. The van der Waals surface area contributed by atoms with Crippen LogP contribution >= 0.6 is 23.6 Å². The fraction of sp³-hybridized carbons (Fsp3) is 0.167. The van der Waals surface area contributed by atoms with Crippen LogP contribution in [0.15, 0.2) is 29.6 Å². The second kappa shape index (κ2) is 5.25. The predicted octanol–water partition coefficient (Wildman–Crippen LogP) is 2.66. The number of thiazole rings is 1. The number of ether oxygens (including phenoxy) is 1. The maximum Gasteiger partial charge on any atom is 0.131 e. The molecule has 1 aromatic heterocycles. The third-order valence-corrected chi connectivity index (χ3v) is 3.23. The lowest BCUT2D eigenvalue weighted by atomic mass is 10.2. The summed E-state index contributed by atoms with van der Waals surface area (Å²) in [6.07, 6.45) is 0. The first-order chi connectivity index (χ1) is 8.15. The van der Waals surface area contributed by atoms with E-state index >= 15 is 0 Å². The normalized spacial score (nSPS) is 10.2. The Morgan fingerprint density at radius 3 is 3.00 bits per heavy atom. The molecule has 1 heterocycles. The molecule has 3 nitrogen and oxygen atoms in total. The SMILES string of the molecule is Cc1nc(COc2cccc(C(N)=S)c2)cs1. The van der Waals surface area contributed by atoms with Crippen molar-refractivity contribution in [3.05, 3.63) is 45.9 Å². The first kappa shape index (κ1) is 12.0. The fourth-order valence-corrected chi connectivity index (χ4v) is 2.10. The van der Waals surface area contributed by atoms with Crippen LogP contribution in [0.2, 0.25) is 0 Å². The molecule has 0 radical (unpaired) electrons. The van der Waals surface area contributed by atoms with E-state index in [1.807, 2.05) is 36.6 Å². The summed E-state index contributed by atoms with van der Waals surface area (Å²) in [5.41, 5.74) is 7.31. The highest BCUT2D eigenvalue weighted by atomic mass is 32.1. The van der Waals surface area contributed by atoms with Crippen molar-refractivity contribution in [3.8, 4) is 5.75 Å². The third kappa shape index (κ3) is 3.25. The van der Waals surface area contributed by atoms with Crippen LogP contribution in [0.3, 0.4) is 0 Å². The lowest BCUT2D eigenvalue weighted by Gasteiger charge is -2.05. The van der Waals surface area contributed by atoms with Crippen molar-refractivity contribution in [1.29, 1.82) is 0 Å². The van der Waals surface area contributed by atoms with Gasteiger partial charge in [0.15, 0.2) is 0 Å². The van der Waals surface area contributed by atoms with Gasteiger partial charge in [0.05, 0.1) is 10.7 Å². The van der Waals surface area contributed by atoms with Crippen molar-refractivity contribution in [2.45, 2.75) is 13.5 Å². The second-order valence-electron chi connectivity index (χ2n) is 3.54. The van der Waals surface area contributed by atoms with Gasteiger partial charge in [-0.15, -0.1) is 11.3 Å². The van der Waals surface area contributed by atoms with Crippen LogP contribution in [0.25, 0.3) is 0 Å². The molecule has 2 rings (SSSR count). The van der Waals surface area contributed by atoms with Gasteiger partial charge < -0.3 is 10.5 Å². The Kier molecular flexibility index (Phi) is 3.71. The zero-order valence-electron chi connectivity index (χ0n) is 9.34. The standard InChI is InChI=1S/C12H12N2OS2/c1-8-14-10(7-17-8)6-15-11-4-2-3-9(5-11)12(13)16/h2-5,7H,6H2,1H3,(H2,13,16). The van der Waals surface area contributed by atoms with E-state index in [4.69, 9.17) is 22.7 Å². The minimum absolute atomic E-state index is 0.375. The van der Waals surface area contributed by atoms with Gasteiger partial charge in [-0.3, -0.25) is 0 Å². The van der Waals surface area contributed by atoms with E-state index in [9.17, 15) is 0 Å². The summed E-state index contributed by atoms with van der Waals surface area (Å²) < 4.78 is 5.63. The summed E-state index contributed by atoms with van der Waals surface area (Å²) in [7, 11) is 0. The molecule has 0 unspecified atom stereocenters. The molecular formula is C12H12N2OS2. The Labute approximate surface area is 109 Å². The van der Waals surface area contributed by atoms with Crippen LogP contribution < -0.4 is 10.5 Å². The predicted molar refractivity (Wildman–Crippen MR) is 73.5 cm³/mol. The van der Waals surface area contributed by atoms with Crippen molar-refractivity contribution in [2.24, 2.45) is 5.73 Å². The average Bonchev–Trinajstić information content (AvgIpc) is 2.73. The number of thiocarbonyl (C=S) groups is 1. The van der Waals surface area contributed by atoms with Crippen LogP contribution in [0.5, 0.6) is 5.75 Å². The van der Waals surface area contributed by atoms with E-state index in [-0.39, 0.29) is 0 Å². The number of benzene rings is 1. The molecule has 0 saturated carbocycles. The Morgan fingerprint density at radius 2 is 2.35 bits per heavy atom. The number of hydrogen-bond donors (Lipinski definition) is 1. The molecule has 0 atom stereocenters. The number of aromatic nitrogens is 1. The van der Waals surface area contributed by atoms with Crippen LogP contribution in [0, 0.1) is 6.92 Å². The zero-order valence-corrected chi connectivity index (χ0v) is 11.0. The lowest BCUT2D eigenvalue weighted by Crippen LogP contribution is -2.09. The Bertz CT molecular complexity index is 537. The quantitative estimate of drug-likeness (QED) is 0.863.